The third kappa shape index (κ3) is 3.54. The van der Waals surface area contributed by atoms with E-state index < -0.39 is 0 Å². The zero-order chi connectivity index (χ0) is 15.4. The maximum Gasteiger partial charge on any atom is 0.255 e. The molecule has 1 N–H and O–H groups in total. The van der Waals surface area contributed by atoms with E-state index in [-0.39, 0.29) is 23.8 Å². The Labute approximate surface area is 125 Å². The van der Waals surface area contributed by atoms with Crippen LogP contribution in [0.15, 0.2) is 24.3 Å². The third-order valence-electron chi connectivity index (χ3n) is 3.76. The van der Waals surface area contributed by atoms with Gasteiger partial charge in [-0.05, 0) is 26.0 Å². The smallest absolute Gasteiger partial charge is 0.255 e. The molecule has 2 rings (SSSR count). The van der Waals surface area contributed by atoms with Gasteiger partial charge in [0.15, 0.2) is 0 Å². The topological polar surface area (TPSA) is 58.6 Å². The second-order valence-electron chi connectivity index (χ2n) is 5.62. The van der Waals surface area contributed by atoms with Gasteiger partial charge in [0, 0.05) is 31.5 Å². The molecule has 1 atom stereocenters. The van der Waals surface area contributed by atoms with Crippen LogP contribution in [0.1, 0.15) is 30.6 Å². The van der Waals surface area contributed by atoms with Crippen molar-refractivity contribution in [2.75, 3.05) is 20.2 Å². The van der Waals surface area contributed by atoms with Crippen LogP contribution in [0.2, 0.25) is 0 Å². The molecule has 1 unspecified atom stereocenters. The zero-order valence-electron chi connectivity index (χ0n) is 12.8. The highest BCUT2D eigenvalue weighted by Crippen LogP contribution is 2.20. The lowest BCUT2D eigenvalue weighted by atomic mass is 10.1. The van der Waals surface area contributed by atoms with Crippen LogP contribution >= 0.6 is 0 Å². The van der Waals surface area contributed by atoms with Gasteiger partial charge in [-0.2, -0.15) is 0 Å². The summed E-state index contributed by atoms with van der Waals surface area (Å²) >= 11 is 0. The minimum absolute atomic E-state index is 0.164. The van der Waals surface area contributed by atoms with Crippen LogP contribution in [0.25, 0.3) is 0 Å². The fraction of sp³-hybridized carbons (Fsp3) is 0.500. The molecule has 1 saturated heterocycles. The zero-order valence-corrected chi connectivity index (χ0v) is 12.8. The Morgan fingerprint density at radius 2 is 2.14 bits per heavy atom. The molecule has 1 aliphatic heterocycles. The number of para-hydroxylation sites is 1. The standard InChI is InChI=1S/C16H22N2O3/c1-11(2)18-10-12(8-15(18)19)9-17-16(20)13-6-4-5-7-14(13)21-3/h4-7,11-12H,8-10H2,1-3H3,(H,17,20). The normalized spacial score (nSPS) is 18.2. The summed E-state index contributed by atoms with van der Waals surface area (Å²) < 4.78 is 5.18. The first kappa shape index (κ1) is 15.4. The average Bonchev–Trinajstić information content (AvgIpc) is 2.86. The van der Waals surface area contributed by atoms with Crippen molar-refractivity contribution >= 4 is 11.8 Å². The van der Waals surface area contributed by atoms with Gasteiger partial charge >= 0.3 is 0 Å². The van der Waals surface area contributed by atoms with Crippen LogP contribution in [0, 0.1) is 5.92 Å². The molecule has 0 spiro atoms. The fourth-order valence-electron chi connectivity index (χ4n) is 2.61. The Morgan fingerprint density at radius 1 is 1.43 bits per heavy atom. The molecule has 1 aliphatic rings. The number of carbonyl (C=O) groups excluding carboxylic acids is 2. The van der Waals surface area contributed by atoms with E-state index in [0.717, 1.165) is 0 Å². The highest BCUT2D eigenvalue weighted by Gasteiger charge is 2.31. The van der Waals surface area contributed by atoms with Crippen molar-refractivity contribution in [2.24, 2.45) is 5.92 Å². The van der Waals surface area contributed by atoms with Gasteiger partial charge in [0.25, 0.3) is 5.91 Å². The number of likely N-dealkylation sites (tertiary alicyclic amines) is 1. The Balaban J connectivity index is 1.92. The summed E-state index contributed by atoms with van der Waals surface area (Å²) in [5.74, 6) is 0.740. The molecular weight excluding hydrogens is 268 g/mol. The molecule has 0 bridgehead atoms. The second-order valence-corrected chi connectivity index (χ2v) is 5.62. The first-order valence-corrected chi connectivity index (χ1v) is 7.23. The van der Waals surface area contributed by atoms with E-state index >= 15 is 0 Å². The van der Waals surface area contributed by atoms with Crippen LogP contribution in [0.3, 0.4) is 0 Å². The molecule has 0 aromatic heterocycles. The summed E-state index contributed by atoms with van der Waals surface area (Å²) in [5, 5.41) is 2.90. The fourth-order valence-corrected chi connectivity index (χ4v) is 2.61. The van der Waals surface area contributed by atoms with E-state index in [0.29, 0.717) is 30.8 Å². The van der Waals surface area contributed by atoms with E-state index in [9.17, 15) is 9.59 Å². The molecule has 5 heteroatoms. The molecule has 0 aliphatic carbocycles. The van der Waals surface area contributed by atoms with Crippen molar-refractivity contribution in [1.82, 2.24) is 10.2 Å². The van der Waals surface area contributed by atoms with Crippen molar-refractivity contribution in [2.45, 2.75) is 26.3 Å². The van der Waals surface area contributed by atoms with Gasteiger partial charge in [-0.15, -0.1) is 0 Å². The van der Waals surface area contributed by atoms with Gasteiger partial charge in [-0.1, -0.05) is 12.1 Å². The average molecular weight is 290 g/mol. The number of hydrogen-bond acceptors (Lipinski definition) is 3. The molecule has 1 aromatic carbocycles. The first-order valence-electron chi connectivity index (χ1n) is 7.23. The second kappa shape index (κ2) is 6.61. The summed E-state index contributed by atoms with van der Waals surface area (Å²) in [4.78, 5) is 25.9. The van der Waals surface area contributed by atoms with E-state index in [2.05, 4.69) is 5.32 Å². The SMILES string of the molecule is COc1ccccc1C(=O)NCC1CC(=O)N(C(C)C)C1. The Kier molecular flexibility index (Phi) is 4.83. The highest BCUT2D eigenvalue weighted by atomic mass is 16.5. The van der Waals surface area contributed by atoms with Gasteiger partial charge in [-0.25, -0.2) is 0 Å². The predicted molar refractivity (Wildman–Crippen MR) is 80.3 cm³/mol. The molecule has 0 radical (unpaired) electrons. The van der Waals surface area contributed by atoms with Gasteiger partial charge in [-0.3, -0.25) is 9.59 Å². The number of nitrogens with zero attached hydrogens (tertiary/aromatic N) is 1. The number of benzene rings is 1. The molecular formula is C16H22N2O3. The first-order chi connectivity index (χ1) is 10.0. The third-order valence-corrected chi connectivity index (χ3v) is 3.76. The number of carbonyl (C=O) groups is 2. The van der Waals surface area contributed by atoms with Crippen LogP contribution < -0.4 is 10.1 Å². The van der Waals surface area contributed by atoms with Crippen molar-refractivity contribution < 1.29 is 14.3 Å². The minimum Gasteiger partial charge on any atom is -0.496 e. The van der Waals surface area contributed by atoms with Crippen molar-refractivity contribution in [1.29, 1.82) is 0 Å². The number of amides is 2. The molecule has 114 valence electrons. The quantitative estimate of drug-likeness (QED) is 0.897. The van der Waals surface area contributed by atoms with Crippen LogP contribution in [-0.2, 0) is 4.79 Å². The van der Waals surface area contributed by atoms with E-state index in [1.165, 1.54) is 0 Å². The molecule has 0 saturated carbocycles. The van der Waals surface area contributed by atoms with Crippen LogP contribution in [-0.4, -0.2) is 43.0 Å². The highest BCUT2D eigenvalue weighted by molar-refractivity contribution is 5.96. The van der Waals surface area contributed by atoms with Gasteiger partial charge < -0.3 is 15.0 Å². The number of hydrogen-bond donors (Lipinski definition) is 1. The summed E-state index contributed by atoms with van der Waals surface area (Å²) in [6.07, 6.45) is 0.504. The number of rotatable bonds is 5. The monoisotopic (exact) mass is 290 g/mol. The van der Waals surface area contributed by atoms with E-state index in [1.54, 1.807) is 25.3 Å². The summed E-state index contributed by atoms with van der Waals surface area (Å²) in [7, 11) is 1.54. The van der Waals surface area contributed by atoms with E-state index in [4.69, 9.17) is 4.74 Å². The van der Waals surface area contributed by atoms with Crippen molar-refractivity contribution in [3.8, 4) is 5.75 Å². The molecule has 1 heterocycles. The number of nitrogens with one attached hydrogen (secondary N) is 1. The molecule has 5 nitrogen and oxygen atoms in total. The number of ether oxygens (including phenoxy) is 1. The Morgan fingerprint density at radius 3 is 2.76 bits per heavy atom. The lowest BCUT2D eigenvalue weighted by molar-refractivity contribution is -0.129. The van der Waals surface area contributed by atoms with E-state index in [1.807, 2.05) is 24.8 Å². The van der Waals surface area contributed by atoms with Crippen molar-refractivity contribution in [3.05, 3.63) is 29.8 Å². The van der Waals surface area contributed by atoms with Gasteiger partial charge in [0.05, 0.1) is 12.7 Å². The lowest BCUT2D eigenvalue weighted by Crippen LogP contribution is -2.34. The summed E-state index contributed by atoms with van der Waals surface area (Å²) in [5.41, 5.74) is 0.519. The molecule has 1 fully saturated rings. The lowest BCUT2D eigenvalue weighted by Gasteiger charge is -2.21. The van der Waals surface area contributed by atoms with Crippen molar-refractivity contribution in [3.63, 3.8) is 0 Å². The Bertz CT molecular complexity index is 528. The van der Waals surface area contributed by atoms with Crippen LogP contribution in [0.5, 0.6) is 5.75 Å². The molecule has 1 aromatic rings. The maximum atomic E-state index is 12.2. The summed E-state index contributed by atoms with van der Waals surface area (Å²) in [6, 6.07) is 7.33. The minimum atomic E-state index is -0.164. The maximum absolute atomic E-state index is 12.2. The van der Waals surface area contributed by atoms with Crippen LogP contribution in [0.4, 0.5) is 0 Å². The largest absolute Gasteiger partial charge is 0.496 e. The molecule has 21 heavy (non-hydrogen) atoms. The Hall–Kier alpha value is -2.04. The van der Waals surface area contributed by atoms with Gasteiger partial charge in [0.1, 0.15) is 5.75 Å². The van der Waals surface area contributed by atoms with Gasteiger partial charge in [0.2, 0.25) is 5.91 Å². The molecule has 2 amide bonds. The summed E-state index contributed by atoms with van der Waals surface area (Å²) in [6.45, 7) is 5.23. The number of methoxy groups -OCH3 is 1. The predicted octanol–water partition coefficient (Wildman–Crippen LogP) is 1.68.